The van der Waals surface area contributed by atoms with E-state index in [1.54, 1.807) is 4.90 Å². The minimum absolute atomic E-state index is 0.0376. The Bertz CT molecular complexity index is 600. The average Bonchev–Trinajstić information content (AvgIpc) is 3.21. The first-order valence-corrected chi connectivity index (χ1v) is 8.15. The van der Waals surface area contributed by atoms with E-state index in [-0.39, 0.29) is 17.9 Å². The van der Waals surface area contributed by atoms with Gasteiger partial charge in [0.15, 0.2) is 6.10 Å². The first-order valence-electron chi connectivity index (χ1n) is 8.15. The lowest BCUT2D eigenvalue weighted by molar-refractivity contribution is -0.172. The van der Waals surface area contributed by atoms with Crippen LogP contribution in [0.4, 0.5) is 0 Å². The molecule has 3 aliphatic heterocycles. The number of hydrogen-bond acceptors (Lipinski definition) is 4. The Morgan fingerprint density at radius 1 is 1.13 bits per heavy atom. The van der Waals surface area contributed by atoms with Crippen molar-refractivity contribution in [1.82, 2.24) is 9.80 Å². The van der Waals surface area contributed by atoms with Crippen LogP contribution in [0.15, 0.2) is 30.3 Å². The van der Waals surface area contributed by atoms with E-state index in [4.69, 9.17) is 9.47 Å². The monoisotopic (exact) mass is 316 g/mol. The van der Waals surface area contributed by atoms with Crippen molar-refractivity contribution >= 4 is 11.8 Å². The van der Waals surface area contributed by atoms with Crippen molar-refractivity contribution < 1.29 is 19.1 Å². The number of hydrogen-bond donors (Lipinski definition) is 0. The van der Waals surface area contributed by atoms with Crippen LogP contribution < -0.4 is 0 Å². The van der Waals surface area contributed by atoms with Gasteiger partial charge in [0.25, 0.3) is 11.8 Å². The van der Waals surface area contributed by atoms with Gasteiger partial charge in [0.05, 0.1) is 6.54 Å². The van der Waals surface area contributed by atoms with E-state index >= 15 is 0 Å². The van der Waals surface area contributed by atoms with Crippen LogP contribution in [0.3, 0.4) is 0 Å². The second-order valence-corrected chi connectivity index (χ2v) is 6.30. The fraction of sp³-hybridized carbons (Fsp3) is 0.529. The maximum Gasteiger partial charge on any atom is 0.280 e. The van der Waals surface area contributed by atoms with Gasteiger partial charge in [0, 0.05) is 19.6 Å². The topological polar surface area (TPSA) is 59.1 Å². The number of carbonyl (C=O) groups excluding carboxylic acids is 2. The lowest BCUT2D eigenvalue weighted by Gasteiger charge is -2.31. The number of ether oxygens (including phenoxy) is 2. The van der Waals surface area contributed by atoms with E-state index < -0.39 is 12.4 Å². The summed E-state index contributed by atoms with van der Waals surface area (Å²) in [5.74, 6) is -0.230. The van der Waals surface area contributed by atoms with Gasteiger partial charge in [0.1, 0.15) is 6.10 Å². The molecule has 0 spiro atoms. The molecular formula is C17H20N2O4. The number of carbonyl (C=O) groups is 2. The Morgan fingerprint density at radius 2 is 1.87 bits per heavy atom. The molecule has 1 aromatic carbocycles. The quantitative estimate of drug-likeness (QED) is 0.826. The minimum atomic E-state index is -0.936. The van der Waals surface area contributed by atoms with Crippen LogP contribution in [-0.4, -0.2) is 59.7 Å². The number of rotatable bonds is 3. The van der Waals surface area contributed by atoms with Gasteiger partial charge in [-0.15, -0.1) is 0 Å². The summed E-state index contributed by atoms with van der Waals surface area (Å²) in [4.78, 5) is 28.5. The Hall–Kier alpha value is -1.92. The number of fused-ring (bicyclic) bond motifs is 2. The van der Waals surface area contributed by atoms with Gasteiger partial charge < -0.3 is 19.3 Å². The van der Waals surface area contributed by atoms with Crippen molar-refractivity contribution in [3.63, 3.8) is 0 Å². The predicted octanol–water partition coefficient (Wildman–Crippen LogP) is 0.761. The predicted molar refractivity (Wildman–Crippen MR) is 81.2 cm³/mol. The summed E-state index contributed by atoms with van der Waals surface area (Å²) in [5.41, 5.74) is 1.06. The minimum Gasteiger partial charge on any atom is -0.340 e. The summed E-state index contributed by atoms with van der Waals surface area (Å²) in [6.07, 6.45) is 0.116. The highest BCUT2D eigenvalue weighted by molar-refractivity contribution is 5.86. The molecule has 0 aliphatic carbocycles. The van der Waals surface area contributed by atoms with E-state index in [9.17, 15) is 9.59 Å². The standard InChI is InChI=1S/C17H20N2O4/c20-15(18-8-4-5-9-18)14-13-11-19(16(21)17(22-13)23-14)10-12-6-2-1-3-7-12/h1-3,6-7,13-14,17H,4-5,8-11H2/t13-,14+,17+/m1/s1. The van der Waals surface area contributed by atoms with E-state index in [0.717, 1.165) is 31.5 Å². The molecule has 0 saturated carbocycles. The maximum atomic E-state index is 12.6. The number of morpholine rings is 1. The van der Waals surface area contributed by atoms with Gasteiger partial charge in [-0.05, 0) is 18.4 Å². The molecule has 3 heterocycles. The molecule has 4 rings (SSSR count). The highest BCUT2D eigenvalue weighted by Gasteiger charge is 2.51. The zero-order valence-electron chi connectivity index (χ0n) is 12.9. The van der Waals surface area contributed by atoms with Crippen LogP contribution in [0.5, 0.6) is 0 Å². The molecule has 0 aromatic heterocycles. The van der Waals surface area contributed by atoms with Crippen molar-refractivity contribution in [1.29, 1.82) is 0 Å². The lowest BCUT2D eigenvalue weighted by Crippen LogP contribution is -2.49. The second-order valence-electron chi connectivity index (χ2n) is 6.30. The van der Waals surface area contributed by atoms with Gasteiger partial charge >= 0.3 is 0 Å². The molecule has 2 amide bonds. The van der Waals surface area contributed by atoms with Crippen molar-refractivity contribution in [2.45, 2.75) is 37.9 Å². The van der Waals surface area contributed by atoms with Gasteiger partial charge in [-0.25, -0.2) is 0 Å². The molecule has 0 N–H and O–H groups in total. The Kier molecular flexibility index (Phi) is 3.79. The summed E-state index contributed by atoms with van der Waals surface area (Å²) in [6, 6.07) is 9.81. The number of benzene rings is 1. The Balaban J connectivity index is 1.46. The SMILES string of the molecule is O=C1[C@@H]2O[C@H](C(=O)N3CCCC3)[C@@H](CN1Cc1ccccc1)O2. The van der Waals surface area contributed by atoms with Crippen molar-refractivity contribution in [2.75, 3.05) is 19.6 Å². The number of amides is 2. The molecule has 0 unspecified atom stereocenters. The molecule has 0 radical (unpaired) electrons. The third-order valence-corrected chi connectivity index (χ3v) is 4.70. The molecule has 3 fully saturated rings. The fourth-order valence-corrected chi connectivity index (χ4v) is 3.48. The number of likely N-dealkylation sites (tertiary alicyclic amines) is 1. The summed E-state index contributed by atoms with van der Waals surface area (Å²) in [5, 5.41) is 0. The number of nitrogens with zero attached hydrogens (tertiary/aromatic N) is 2. The van der Waals surface area contributed by atoms with Crippen molar-refractivity contribution in [3.8, 4) is 0 Å². The molecule has 122 valence electrons. The first kappa shape index (κ1) is 14.7. The van der Waals surface area contributed by atoms with Crippen molar-refractivity contribution in [2.24, 2.45) is 0 Å². The van der Waals surface area contributed by atoms with Crippen LogP contribution in [0.1, 0.15) is 18.4 Å². The summed E-state index contributed by atoms with van der Waals surface area (Å²) < 4.78 is 11.2. The second kappa shape index (κ2) is 5.94. The average molecular weight is 316 g/mol. The van der Waals surface area contributed by atoms with Crippen LogP contribution in [0.2, 0.25) is 0 Å². The normalized spacial score (nSPS) is 30.1. The molecule has 6 nitrogen and oxygen atoms in total. The highest BCUT2D eigenvalue weighted by Crippen LogP contribution is 2.29. The molecule has 1 aromatic rings. The Labute approximate surface area is 134 Å². The van der Waals surface area contributed by atoms with Gasteiger partial charge in [0.2, 0.25) is 6.29 Å². The van der Waals surface area contributed by atoms with Crippen LogP contribution in [-0.2, 0) is 25.6 Å². The summed E-state index contributed by atoms with van der Waals surface area (Å²) in [7, 11) is 0. The van der Waals surface area contributed by atoms with E-state index in [1.807, 2.05) is 35.2 Å². The Morgan fingerprint density at radius 3 is 2.61 bits per heavy atom. The summed E-state index contributed by atoms with van der Waals surface area (Å²) in [6.45, 7) is 2.47. The van der Waals surface area contributed by atoms with Gasteiger partial charge in [-0.2, -0.15) is 0 Å². The van der Waals surface area contributed by atoms with Crippen LogP contribution >= 0.6 is 0 Å². The zero-order chi connectivity index (χ0) is 15.8. The van der Waals surface area contributed by atoms with Crippen LogP contribution in [0.25, 0.3) is 0 Å². The lowest BCUT2D eigenvalue weighted by atomic mass is 10.1. The van der Waals surface area contributed by atoms with Crippen LogP contribution in [0, 0.1) is 0 Å². The molecule has 2 bridgehead atoms. The summed E-state index contributed by atoms with van der Waals surface area (Å²) >= 11 is 0. The maximum absolute atomic E-state index is 12.6. The van der Waals surface area contributed by atoms with Crippen molar-refractivity contribution in [3.05, 3.63) is 35.9 Å². The third-order valence-electron chi connectivity index (χ3n) is 4.70. The highest BCUT2D eigenvalue weighted by atomic mass is 16.7. The molecular weight excluding hydrogens is 296 g/mol. The largest absolute Gasteiger partial charge is 0.340 e. The molecule has 3 atom stereocenters. The van der Waals surface area contributed by atoms with E-state index in [2.05, 4.69) is 0 Å². The van der Waals surface area contributed by atoms with Gasteiger partial charge in [-0.3, -0.25) is 9.59 Å². The molecule has 3 aliphatic rings. The first-order chi connectivity index (χ1) is 11.2. The molecule has 3 saturated heterocycles. The zero-order valence-corrected chi connectivity index (χ0v) is 12.9. The molecule has 6 heteroatoms. The molecule has 23 heavy (non-hydrogen) atoms. The van der Waals surface area contributed by atoms with E-state index in [0.29, 0.717) is 13.1 Å². The third kappa shape index (κ3) is 2.72. The smallest absolute Gasteiger partial charge is 0.280 e. The van der Waals surface area contributed by atoms with Gasteiger partial charge in [-0.1, -0.05) is 30.3 Å². The van der Waals surface area contributed by atoms with E-state index in [1.165, 1.54) is 0 Å². The fourth-order valence-electron chi connectivity index (χ4n) is 3.48.